The second-order valence-corrected chi connectivity index (χ2v) is 3.40. The number of nitrogens with zero attached hydrogens (tertiary/aromatic N) is 1. The molecule has 0 fully saturated rings. The summed E-state index contributed by atoms with van der Waals surface area (Å²) in [6.07, 6.45) is 1.18. The molecule has 1 amide bonds. The molecule has 2 aromatic rings. The maximum absolute atomic E-state index is 13.3. The molecule has 5 nitrogen and oxygen atoms in total. The van der Waals surface area contributed by atoms with Gasteiger partial charge in [0.1, 0.15) is 11.5 Å². The number of carbonyl (C=O) groups is 1. The van der Waals surface area contributed by atoms with E-state index in [1.165, 1.54) is 6.20 Å². The van der Waals surface area contributed by atoms with Gasteiger partial charge in [-0.2, -0.15) is 5.10 Å². The van der Waals surface area contributed by atoms with Crippen molar-refractivity contribution >= 4 is 17.3 Å². The monoisotopic (exact) mass is 256 g/mol. The van der Waals surface area contributed by atoms with Gasteiger partial charge in [0, 0.05) is 12.1 Å². The average molecular weight is 256 g/mol. The normalized spacial score (nSPS) is 10.4. The lowest BCUT2D eigenvalue weighted by molar-refractivity contribution is 0.102. The van der Waals surface area contributed by atoms with E-state index in [4.69, 9.17) is 5.73 Å². The van der Waals surface area contributed by atoms with Crippen molar-refractivity contribution in [2.45, 2.75) is 0 Å². The fourth-order valence-electron chi connectivity index (χ4n) is 1.31. The van der Waals surface area contributed by atoms with Gasteiger partial charge in [0.2, 0.25) is 0 Å². The van der Waals surface area contributed by atoms with E-state index in [0.717, 1.165) is 0 Å². The molecule has 1 aromatic heterocycles. The van der Waals surface area contributed by atoms with E-state index in [-0.39, 0.29) is 11.4 Å². The van der Waals surface area contributed by atoms with Crippen LogP contribution in [0.3, 0.4) is 0 Å². The van der Waals surface area contributed by atoms with Gasteiger partial charge in [-0.3, -0.25) is 9.89 Å². The number of halogens is 3. The highest BCUT2D eigenvalue weighted by Gasteiger charge is 2.17. The van der Waals surface area contributed by atoms with Crippen LogP contribution in [0.2, 0.25) is 0 Å². The third-order valence-electron chi connectivity index (χ3n) is 2.14. The molecule has 0 atom stereocenters. The molecule has 0 saturated heterocycles. The largest absolute Gasteiger partial charge is 0.396 e. The SMILES string of the molecule is Nc1cn[nH]c1C(=O)Nc1cc(F)cc(F)c1F. The lowest BCUT2D eigenvalue weighted by atomic mass is 10.2. The highest BCUT2D eigenvalue weighted by Crippen LogP contribution is 2.20. The Kier molecular flexibility index (Phi) is 2.92. The van der Waals surface area contributed by atoms with Gasteiger partial charge < -0.3 is 11.1 Å². The summed E-state index contributed by atoms with van der Waals surface area (Å²) in [5, 5.41) is 7.76. The van der Waals surface area contributed by atoms with Crippen LogP contribution in [0.15, 0.2) is 18.3 Å². The molecule has 4 N–H and O–H groups in total. The van der Waals surface area contributed by atoms with E-state index in [1.54, 1.807) is 0 Å². The number of H-pyrrole nitrogens is 1. The van der Waals surface area contributed by atoms with Gasteiger partial charge in [0.15, 0.2) is 11.6 Å². The molecule has 0 spiro atoms. The van der Waals surface area contributed by atoms with Gasteiger partial charge in [0.05, 0.1) is 17.6 Å². The van der Waals surface area contributed by atoms with Crippen LogP contribution in [0.1, 0.15) is 10.5 Å². The van der Waals surface area contributed by atoms with E-state index in [9.17, 15) is 18.0 Å². The lowest BCUT2D eigenvalue weighted by Crippen LogP contribution is -2.15. The molecule has 0 radical (unpaired) electrons. The average Bonchev–Trinajstić information content (AvgIpc) is 2.71. The first-order valence-electron chi connectivity index (χ1n) is 4.73. The van der Waals surface area contributed by atoms with Crippen LogP contribution in [0.5, 0.6) is 0 Å². The minimum atomic E-state index is -1.40. The number of hydrogen-bond donors (Lipinski definition) is 3. The van der Waals surface area contributed by atoms with E-state index >= 15 is 0 Å². The Morgan fingerprint density at radius 1 is 1.33 bits per heavy atom. The third kappa shape index (κ3) is 2.12. The van der Waals surface area contributed by atoms with Crippen LogP contribution >= 0.6 is 0 Å². The highest BCUT2D eigenvalue weighted by atomic mass is 19.2. The summed E-state index contributed by atoms with van der Waals surface area (Å²) < 4.78 is 39.0. The van der Waals surface area contributed by atoms with E-state index in [2.05, 4.69) is 10.2 Å². The first-order valence-corrected chi connectivity index (χ1v) is 4.73. The number of aromatic nitrogens is 2. The molecule has 0 aliphatic rings. The van der Waals surface area contributed by atoms with Crippen LogP contribution in [0.4, 0.5) is 24.5 Å². The number of aromatic amines is 1. The predicted octanol–water partition coefficient (Wildman–Crippen LogP) is 1.66. The van der Waals surface area contributed by atoms with Crippen molar-refractivity contribution in [1.82, 2.24) is 10.2 Å². The van der Waals surface area contributed by atoms with Crippen molar-refractivity contribution < 1.29 is 18.0 Å². The van der Waals surface area contributed by atoms with Gasteiger partial charge in [-0.15, -0.1) is 0 Å². The zero-order valence-corrected chi connectivity index (χ0v) is 8.80. The number of nitrogens with one attached hydrogen (secondary N) is 2. The summed E-state index contributed by atoms with van der Waals surface area (Å²) >= 11 is 0. The van der Waals surface area contributed by atoms with Crippen molar-refractivity contribution in [3.63, 3.8) is 0 Å². The Bertz CT molecular complexity index is 611. The van der Waals surface area contributed by atoms with E-state index < -0.39 is 29.0 Å². The molecule has 18 heavy (non-hydrogen) atoms. The number of nitrogen functional groups attached to an aromatic ring is 1. The minimum Gasteiger partial charge on any atom is -0.396 e. The van der Waals surface area contributed by atoms with E-state index in [1.807, 2.05) is 5.32 Å². The molecule has 0 aliphatic carbocycles. The fraction of sp³-hybridized carbons (Fsp3) is 0. The second-order valence-electron chi connectivity index (χ2n) is 3.40. The van der Waals surface area contributed by atoms with Crippen molar-refractivity contribution in [3.8, 4) is 0 Å². The van der Waals surface area contributed by atoms with Crippen LogP contribution in [0.25, 0.3) is 0 Å². The number of nitrogens with two attached hydrogens (primary N) is 1. The highest BCUT2D eigenvalue weighted by molar-refractivity contribution is 6.06. The summed E-state index contributed by atoms with van der Waals surface area (Å²) in [5.41, 5.74) is 4.68. The number of anilines is 2. The van der Waals surface area contributed by atoms with Crippen LogP contribution in [0, 0.1) is 17.5 Å². The maximum Gasteiger partial charge on any atom is 0.275 e. The quantitative estimate of drug-likeness (QED) is 0.714. The second kappa shape index (κ2) is 4.40. The third-order valence-corrected chi connectivity index (χ3v) is 2.14. The maximum atomic E-state index is 13.3. The van der Waals surface area contributed by atoms with Gasteiger partial charge in [-0.05, 0) is 0 Å². The molecule has 2 rings (SSSR count). The zero-order chi connectivity index (χ0) is 13.3. The Hall–Kier alpha value is -2.51. The topological polar surface area (TPSA) is 83.8 Å². The molecule has 1 aromatic carbocycles. The molecule has 0 unspecified atom stereocenters. The molecule has 1 heterocycles. The zero-order valence-electron chi connectivity index (χ0n) is 8.80. The number of benzene rings is 1. The van der Waals surface area contributed by atoms with Gasteiger partial charge in [-0.25, -0.2) is 13.2 Å². The van der Waals surface area contributed by atoms with Crippen molar-refractivity contribution in [2.75, 3.05) is 11.1 Å². The lowest BCUT2D eigenvalue weighted by Gasteiger charge is -2.06. The molecule has 94 valence electrons. The molecule has 0 bridgehead atoms. The molecular formula is C10H7F3N4O. The Balaban J connectivity index is 2.30. The smallest absolute Gasteiger partial charge is 0.275 e. The summed E-state index contributed by atoms with van der Waals surface area (Å²) in [4.78, 5) is 11.6. The molecule has 0 saturated carbocycles. The summed E-state index contributed by atoms with van der Waals surface area (Å²) in [6.45, 7) is 0. The summed E-state index contributed by atoms with van der Waals surface area (Å²) in [7, 11) is 0. The van der Waals surface area contributed by atoms with Crippen molar-refractivity contribution in [2.24, 2.45) is 0 Å². The molecule has 8 heteroatoms. The number of rotatable bonds is 2. The van der Waals surface area contributed by atoms with Crippen LogP contribution < -0.4 is 11.1 Å². The first kappa shape index (κ1) is 12.0. The molecule has 0 aliphatic heterocycles. The Labute approximate surface area is 98.8 Å². The minimum absolute atomic E-state index is 0.0322. The summed E-state index contributed by atoms with van der Waals surface area (Å²) in [5.74, 6) is -4.62. The van der Waals surface area contributed by atoms with Crippen molar-refractivity contribution in [3.05, 3.63) is 41.5 Å². The molecular weight excluding hydrogens is 249 g/mol. The number of amides is 1. The number of hydrogen-bond acceptors (Lipinski definition) is 3. The van der Waals surface area contributed by atoms with Crippen molar-refractivity contribution in [1.29, 1.82) is 0 Å². The van der Waals surface area contributed by atoms with E-state index in [0.29, 0.717) is 12.1 Å². The van der Waals surface area contributed by atoms with Gasteiger partial charge in [-0.1, -0.05) is 0 Å². The van der Waals surface area contributed by atoms with Gasteiger partial charge >= 0.3 is 0 Å². The Morgan fingerprint density at radius 2 is 2.06 bits per heavy atom. The Morgan fingerprint density at radius 3 is 2.67 bits per heavy atom. The first-order chi connectivity index (χ1) is 8.49. The summed E-state index contributed by atoms with van der Waals surface area (Å²) in [6, 6.07) is 1.03. The van der Waals surface area contributed by atoms with Crippen LogP contribution in [-0.4, -0.2) is 16.1 Å². The fourth-order valence-corrected chi connectivity index (χ4v) is 1.31. The predicted molar refractivity (Wildman–Crippen MR) is 57.3 cm³/mol. The van der Waals surface area contributed by atoms with Crippen LogP contribution in [-0.2, 0) is 0 Å². The van der Waals surface area contributed by atoms with Gasteiger partial charge in [0.25, 0.3) is 5.91 Å². The standard InChI is InChI=1S/C10H7F3N4O/c11-4-1-5(12)8(13)7(2-4)16-10(18)9-6(14)3-15-17-9/h1-3H,14H2,(H,15,17)(H,16,18). The number of carbonyl (C=O) groups excluding carboxylic acids is 1.